The number of methoxy groups -OCH3 is 1. The maximum absolute atomic E-state index is 5.54. The van der Waals surface area contributed by atoms with Crippen molar-refractivity contribution in [1.29, 1.82) is 0 Å². The van der Waals surface area contributed by atoms with E-state index in [1.807, 2.05) is 12.1 Å². The van der Waals surface area contributed by atoms with Crippen molar-refractivity contribution in [2.45, 2.75) is 33.1 Å². The lowest BCUT2D eigenvalue weighted by Crippen LogP contribution is -2.20. The van der Waals surface area contributed by atoms with Gasteiger partial charge in [-0.15, -0.1) is 0 Å². The third-order valence-corrected chi connectivity index (χ3v) is 4.40. The molecule has 0 saturated carbocycles. The number of benzene rings is 2. The van der Waals surface area contributed by atoms with Gasteiger partial charge in [0.15, 0.2) is 0 Å². The van der Waals surface area contributed by atoms with E-state index in [9.17, 15) is 0 Å². The lowest BCUT2D eigenvalue weighted by molar-refractivity contribution is 0.415. The zero-order valence-electron chi connectivity index (χ0n) is 16.7. The Balaban J connectivity index is 2.14. The van der Waals surface area contributed by atoms with E-state index in [1.54, 1.807) is 7.11 Å². The van der Waals surface area contributed by atoms with Gasteiger partial charge in [0, 0.05) is 13.1 Å². The molecule has 144 valence electrons. The van der Waals surface area contributed by atoms with Gasteiger partial charge in [0.2, 0.25) is 0 Å². The molecular weight excluding hydrogens is 334 g/mol. The van der Waals surface area contributed by atoms with Crippen molar-refractivity contribution >= 4 is 5.71 Å². The first-order valence-electron chi connectivity index (χ1n) is 9.64. The second-order valence-corrected chi connectivity index (χ2v) is 6.35. The van der Waals surface area contributed by atoms with Crippen LogP contribution < -0.4 is 15.9 Å². The zero-order valence-corrected chi connectivity index (χ0v) is 16.7. The van der Waals surface area contributed by atoms with Gasteiger partial charge in [0.1, 0.15) is 5.75 Å². The Morgan fingerprint density at radius 1 is 1.04 bits per heavy atom. The van der Waals surface area contributed by atoms with E-state index in [1.165, 1.54) is 22.3 Å². The van der Waals surface area contributed by atoms with E-state index in [2.05, 4.69) is 66.8 Å². The quantitative estimate of drug-likeness (QED) is 0.369. The fourth-order valence-electron chi connectivity index (χ4n) is 2.95. The lowest BCUT2D eigenvalue weighted by Gasteiger charge is -2.11. The van der Waals surface area contributed by atoms with Crippen LogP contribution in [0.15, 0.2) is 65.3 Å². The number of hydrogen-bond donors (Lipinski definition) is 2. The van der Waals surface area contributed by atoms with Gasteiger partial charge in [0.25, 0.3) is 0 Å². The Labute approximate surface area is 163 Å². The summed E-state index contributed by atoms with van der Waals surface area (Å²) in [7, 11) is 1.69. The molecule has 0 saturated heterocycles. The Morgan fingerprint density at radius 3 is 2.19 bits per heavy atom. The summed E-state index contributed by atoms with van der Waals surface area (Å²) >= 11 is 0. The molecule has 0 spiro atoms. The molecule has 0 aliphatic carbocycles. The van der Waals surface area contributed by atoms with Gasteiger partial charge in [-0.25, -0.2) is 0 Å². The SMILES string of the molecule is CC/C=C(Cc1ccc(-c2ccc(OC)cc2)cc1)/C(CC)=N\NCCN. The third-order valence-electron chi connectivity index (χ3n) is 4.40. The van der Waals surface area contributed by atoms with E-state index in [-0.39, 0.29) is 0 Å². The average molecular weight is 366 g/mol. The molecule has 4 nitrogen and oxygen atoms in total. The molecule has 2 rings (SSSR count). The molecule has 0 aromatic heterocycles. The number of hydrogen-bond acceptors (Lipinski definition) is 4. The first-order valence-corrected chi connectivity index (χ1v) is 9.64. The molecule has 0 fully saturated rings. The number of nitrogens with two attached hydrogens (primary N) is 1. The zero-order chi connectivity index (χ0) is 19.5. The molecule has 0 heterocycles. The van der Waals surface area contributed by atoms with Gasteiger partial charge in [-0.1, -0.05) is 56.3 Å². The highest BCUT2D eigenvalue weighted by Gasteiger charge is 2.07. The molecular formula is C23H31N3O. The van der Waals surface area contributed by atoms with Crippen LogP contribution in [0.2, 0.25) is 0 Å². The normalized spacial score (nSPS) is 12.1. The van der Waals surface area contributed by atoms with Gasteiger partial charge in [-0.3, -0.25) is 0 Å². The van der Waals surface area contributed by atoms with E-state index in [0.717, 1.165) is 30.7 Å². The minimum absolute atomic E-state index is 0.583. The maximum atomic E-state index is 5.54. The highest BCUT2D eigenvalue weighted by atomic mass is 16.5. The molecule has 3 N–H and O–H groups in total. The molecule has 2 aromatic carbocycles. The van der Waals surface area contributed by atoms with Gasteiger partial charge in [0.05, 0.1) is 12.8 Å². The van der Waals surface area contributed by atoms with Crippen LogP contribution in [0.5, 0.6) is 5.75 Å². The fraction of sp³-hybridized carbons (Fsp3) is 0.348. The Hall–Kier alpha value is -2.59. The number of allylic oxidation sites excluding steroid dienone is 2. The second-order valence-electron chi connectivity index (χ2n) is 6.35. The summed E-state index contributed by atoms with van der Waals surface area (Å²) in [6.07, 6.45) is 5.04. The van der Waals surface area contributed by atoms with Gasteiger partial charge in [-0.05, 0) is 53.7 Å². The second kappa shape index (κ2) is 11.2. The van der Waals surface area contributed by atoms with Gasteiger partial charge >= 0.3 is 0 Å². The first-order chi connectivity index (χ1) is 13.2. The molecule has 0 aliphatic rings. The van der Waals surface area contributed by atoms with Gasteiger partial charge in [-0.2, -0.15) is 5.10 Å². The topological polar surface area (TPSA) is 59.6 Å². The largest absolute Gasteiger partial charge is 0.497 e. The molecule has 0 aliphatic heterocycles. The molecule has 0 amide bonds. The number of nitrogens with one attached hydrogen (secondary N) is 1. The van der Waals surface area contributed by atoms with Crippen molar-refractivity contribution in [1.82, 2.24) is 5.43 Å². The van der Waals surface area contributed by atoms with E-state index in [0.29, 0.717) is 13.1 Å². The number of hydrazone groups is 1. The number of ether oxygens (including phenoxy) is 1. The summed E-state index contributed by atoms with van der Waals surface area (Å²) in [5, 5.41) is 4.54. The van der Waals surface area contributed by atoms with Crippen molar-refractivity contribution in [3.63, 3.8) is 0 Å². The van der Waals surface area contributed by atoms with Crippen molar-refractivity contribution in [2.75, 3.05) is 20.2 Å². The summed E-state index contributed by atoms with van der Waals surface area (Å²) in [5.74, 6) is 0.874. The van der Waals surface area contributed by atoms with Crippen LogP contribution in [0.25, 0.3) is 11.1 Å². The van der Waals surface area contributed by atoms with Gasteiger partial charge < -0.3 is 15.9 Å². The minimum atomic E-state index is 0.583. The first kappa shape index (κ1) is 20.7. The monoisotopic (exact) mass is 365 g/mol. The summed E-state index contributed by atoms with van der Waals surface area (Å²) in [6.45, 7) is 5.58. The highest BCUT2D eigenvalue weighted by Crippen LogP contribution is 2.23. The van der Waals surface area contributed by atoms with Crippen LogP contribution in [-0.4, -0.2) is 25.9 Å². The predicted octanol–water partition coefficient (Wildman–Crippen LogP) is 4.56. The lowest BCUT2D eigenvalue weighted by atomic mass is 9.96. The highest BCUT2D eigenvalue weighted by molar-refractivity contribution is 6.00. The summed E-state index contributed by atoms with van der Waals surface area (Å²) < 4.78 is 5.23. The van der Waals surface area contributed by atoms with Crippen LogP contribution in [0.3, 0.4) is 0 Å². The maximum Gasteiger partial charge on any atom is 0.118 e. The van der Waals surface area contributed by atoms with Crippen LogP contribution in [-0.2, 0) is 6.42 Å². The van der Waals surface area contributed by atoms with Crippen molar-refractivity contribution in [2.24, 2.45) is 10.8 Å². The Kier molecular flexibility index (Phi) is 8.59. The molecule has 0 atom stereocenters. The molecule has 27 heavy (non-hydrogen) atoms. The number of nitrogens with zero attached hydrogens (tertiary/aromatic N) is 1. The summed E-state index contributed by atoms with van der Waals surface area (Å²) in [6, 6.07) is 16.9. The number of rotatable bonds is 10. The molecule has 0 radical (unpaired) electrons. The Morgan fingerprint density at radius 2 is 1.67 bits per heavy atom. The van der Waals surface area contributed by atoms with E-state index >= 15 is 0 Å². The van der Waals surface area contributed by atoms with Crippen molar-refractivity contribution in [3.05, 3.63) is 65.7 Å². The van der Waals surface area contributed by atoms with Crippen molar-refractivity contribution < 1.29 is 4.74 Å². The standard InChI is InChI=1S/C23H31N3O/c1-4-6-21(23(5-2)26-25-16-15-24)17-18-7-9-19(10-8-18)20-11-13-22(27-3)14-12-20/h6-14,25H,4-5,15-17,24H2,1-3H3/b21-6+,26-23-. The van der Waals surface area contributed by atoms with E-state index < -0.39 is 0 Å². The third kappa shape index (κ3) is 6.26. The van der Waals surface area contributed by atoms with Crippen LogP contribution in [0, 0.1) is 0 Å². The molecule has 2 aromatic rings. The minimum Gasteiger partial charge on any atom is -0.497 e. The summed E-state index contributed by atoms with van der Waals surface area (Å²) in [4.78, 5) is 0. The smallest absolute Gasteiger partial charge is 0.118 e. The Bertz CT molecular complexity index is 746. The van der Waals surface area contributed by atoms with Crippen LogP contribution in [0.4, 0.5) is 0 Å². The van der Waals surface area contributed by atoms with Crippen LogP contribution >= 0.6 is 0 Å². The molecule has 0 bridgehead atoms. The summed E-state index contributed by atoms with van der Waals surface area (Å²) in [5.41, 5.74) is 14.7. The average Bonchev–Trinajstić information content (AvgIpc) is 2.72. The van der Waals surface area contributed by atoms with E-state index in [4.69, 9.17) is 10.5 Å². The molecule has 0 unspecified atom stereocenters. The predicted molar refractivity (Wildman–Crippen MR) is 115 cm³/mol. The fourth-order valence-corrected chi connectivity index (χ4v) is 2.95. The van der Waals surface area contributed by atoms with Crippen molar-refractivity contribution in [3.8, 4) is 16.9 Å². The molecule has 4 heteroatoms. The van der Waals surface area contributed by atoms with Crippen LogP contribution in [0.1, 0.15) is 32.3 Å².